The molecule has 2 amide bonds. The van der Waals surface area contributed by atoms with E-state index in [9.17, 15) is 9.59 Å². The molecule has 0 saturated carbocycles. The van der Waals surface area contributed by atoms with Gasteiger partial charge < -0.3 is 15.4 Å². The number of rotatable bonds is 7. The molecule has 0 spiro atoms. The minimum absolute atomic E-state index is 0.0755. The van der Waals surface area contributed by atoms with E-state index in [1.807, 2.05) is 69.3 Å². The molecule has 5 heteroatoms. The number of nitrogens with one attached hydrogen (secondary N) is 2. The summed E-state index contributed by atoms with van der Waals surface area (Å²) in [5, 5.41) is 7.68. The van der Waals surface area contributed by atoms with Crippen LogP contribution in [0.4, 0.5) is 5.69 Å². The third-order valence-corrected chi connectivity index (χ3v) is 4.86. The number of carbonyl (C=O) groups excluding carboxylic acids is 2. The summed E-state index contributed by atoms with van der Waals surface area (Å²) in [5.41, 5.74) is 2.10. The summed E-state index contributed by atoms with van der Waals surface area (Å²) in [6, 6.07) is 19.0. The predicted molar refractivity (Wildman–Crippen MR) is 116 cm³/mol. The summed E-state index contributed by atoms with van der Waals surface area (Å²) in [4.78, 5) is 25.1. The third kappa shape index (κ3) is 5.13. The van der Waals surface area contributed by atoms with E-state index < -0.39 is 0 Å². The molecule has 29 heavy (non-hydrogen) atoms. The Bertz CT molecular complexity index is 1030. The molecule has 0 fully saturated rings. The van der Waals surface area contributed by atoms with Gasteiger partial charge in [0.05, 0.1) is 5.56 Å². The summed E-state index contributed by atoms with van der Waals surface area (Å²) >= 11 is 0. The SMILES string of the molecule is CC[C@@H](C)NC(=O)COc1cc2ccccc2cc1C(=O)Nc1ccccc1C. The molecule has 3 aromatic rings. The van der Waals surface area contributed by atoms with Crippen LogP contribution in [0.2, 0.25) is 0 Å². The van der Waals surface area contributed by atoms with Crippen molar-refractivity contribution in [3.8, 4) is 5.75 Å². The maximum atomic E-state index is 13.0. The van der Waals surface area contributed by atoms with E-state index in [1.165, 1.54) is 0 Å². The number of hydrogen-bond donors (Lipinski definition) is 2. The smallest absolute Gasteiger partial charge is 0.259 e. The van der Waals surface area contributed by atoms with Crippen LogP contribution in [0.15, 0.2) is 60.7 Å². The maximum absolute atomic E-state index is 13.0. The summed E-state index contributed by atoms with van der Waals surface area (Å²) in [6.07, 6.45) is 0.839. The molecule has 0 aromatic heterocycles. The van der Waals surface area contributed by atoms with Gasteiger partial charge in [-0.05, 0) is 54.8 Å². The van der Waals surface area contributed by atoms with Crippen LogP contribution in [-0.2, 0) is 4.79 Å². The van der Waals surface area contributed by atoms with Gasteiger partial charge in [0, 0.05) is 11.7 Å². The van der Waals surface area contributed by atoms with Gasteiger partial charge in [-0.25, -0.2) is 0 Å². The van der Waals surface area contributed by atoms with E-state index in [1.54, 1.807) is 12.1 Å². The Labute approximate surface area is 171 Å². The van der Waals surface area contributed by atoms with E-state index >= 15 is 0 Å². The van der Waals surface area contributed by atoms with Crippen molar-refractivity contribution in [2.45, 2.75) is 33.2 Å². The van der Waals surface area contributed by atoms with Crippen molar-refractivity contribution in [1.82, 2.24) is 5.32 Å². The van der Waals surface area contributed by atoms with Gasteiger partial charge in [-0.2, -0.15) is 0 Å². The molecule has 0 aliphatic carbocycles. The number of fused-ring (bicyclic) bond motifs is 1. The Morgan fingerprint density at radius 1 is 1.00 bits per heavy atom. The molecule has 5 nitrogen and oxygen atoms in total. The Hall–Kier alpha value is -3.34. The fourth-order valence-corrected chi connectivity index (χ4v) is 2.98. The highest BCUT2D eigenvalue weighted by molar-refractivity contribution is 6.09. The average Bonchev–Trinajstić information content (AvgIpc) is 2.73. The second-order valence-electron chi connectivity index (χ2n) is 7.13. The Morgan fingerprint density at radius 3 is 2.34 bits per heavy atom. The monoisotopic (exact) mass is 390 g/mol. The number of ether oxygens (including phenoxy) is 1. The van der Waals surface area contributed by atoms with Gasteiger partial charge in [-0.3, -0.25) is 9.59 Å². The molecule has 0 aliphatic rings. The maximum Gasteiger partial charge on any atom is 0.259 e. The lowest BCUT2D eigenvalue weighted by atomic mass is 10.0. The minimum atomic E-state index is -0.276. The van der Waals surface area contributed by atoms with Gasteiger partial charge in [-0.15, -0.1) is 0 Å². The van der Waals surface area contributed by atoms with Crippen LogP contribution in [0.25, 0.3) is 10.8 Å². The van der Waals surface area contributed by atoms with Crippen molar-refractivity contribution < 1.29 is 14.3 Å². The number of benzene rings is 3. The molecule has 3 rings (SSSR count). The first-order valence-electron chi connectivity index (χ1n) is 9.80. The second-order valence-corrected chi connectivity index (χ2v) is 7.13. The van der Waals surface area contributed by atoms with Crippen molar-refractivity contribution in [2.75, 3.05) is 11.9 Å². The topological polar surface area (TPSA) is 67.4 Å². The second kappa shape index (κ2) is 9.24. The number of carbonyl (C=O) groups is 2. The standard InChI is InChI=1S/C24H26N2O3/c1-4-17(3)25-23(27)15-29-22-14-19-11-7-6-10-18(19)13-20(22)24(28)26-21-12-8-5-9-16(21)2/h5-14,17H,4,15H2,1-3H3,(H,25,27)(H,26,28)/t17-/m1/s1. The van der Waals surface area contributed by atoms with Crippen LogP contribution >= 0.6 is 0 Å². The lowest BCUT2D eigenvalue weighted by Gasteiger charge is -2.15. The number of amides is 2. The van der Waals surface area contributed by atoms with Gasteiger partial charge in [0.1, 0.15) is 5.75 Å². The first-order chi connectivity index (χ1) is 14.0. The molecular formula is C24H26N2O3. The van der Waals surface area contributed by atoms with E-state index in [-0.39, 0.29) is 24.5 Å². The number of para-hydroxylation sites is 1. The van der Waals surface area contributed by atoms with Crippen LogP contribution < -0.4 is 15.4 Å². The summed E-state index contributed by atoms with van der Waals surface area (Å²) in [6.45, 7) is 5.73. The molecule has 0 radical (unpaired) electrons. The predicted octanol–water partition coefficient (Wildman–Crippen LogP) is 4.69. The molecule has 150 valence electrons. The number of anilines is 1. The summed E-state index contributed by atoms with van der Waals surface area (Å²) in [7, 11) is 0. The normalized spacial score (nSPS) is 11.7. The van der Waals surface area contributed by atoms with Crippen molar-refractivity contribution in [3.05, 3.63) is 71.8 Å². The quantitative estimate of drug-likeness (QED) is 0.615. The van der Waals surface area contributed by atoms with Crippen molar-refractivity contribution in [1.29, 1.82) is 0 Å². The molecule has 1 atom stereocenters. The molecule has 0 aliphatic heterocycles. The van der Waals surface area contributed by atoms with Crippen LogP contribution in [-0.4, -0.2) is 24.5 Å². The van der Waals surface area contributed by atoms with E-state index in [4.69, 9.17) is 4.74 Å². The first-order valence-corrected chi connectivity index (χ1v) is 9.80. The highest BCUT2D eigenvalue weighted by Crippen LogP contribution is 2.27. The molecular weight excluding hydrogens is 364 g/mol. The van der Waals surface area contributed by atoms with Crippen LogP contribution in [0.3, 0.4) is 0 Å². The third-order valence-electron chi connectivity index (χ3n) is 4.86. The van der Waals surface area contributed by atoms with E-state index in [0.29, 0.717) is 11.3 Å². The van der Waals surface area contributed by atoms with Crippen molar-refractivity contribution >= 4 is 28.3 Å². The largest absolute Gasteiger partial charge is 0.483 e. The zero-order chi connectivity index (χ0) is 20.8. The number of aryl methyl sites for hydroxylation is 1. The Kier molecular flexibility index (Phi) is 6.50. The lowest BCUT2D eigenvalue weighted by molar-refractivity contribution is -0.123. The van der Waals surface area contributed by atoms with Gasteiger partial charge in [-0.1, -0.05) is 49.4 Å². The average molecular weight is 390 g/mol. The minimum Gasteiger partial charge on any atom is -0.483 e. The molecule has 0 heterocycles. The fraction of sp³-hybridized carbons (Fsp3) is 0.250. The molecule has 0 unspecified atom stereocenters. The van der Waals surface area contributed by atoms with E-state index in [0.717, 1.165) is 28.4 Å². The highest BCUT2D eigenvalue weighted by Gasteiger charge is 2.17. The molecule has 3 aromatic carbocycles. The van der Waals surface area contributed by atoms with Crippen molar-refractivity contribution in [3.63, 3.8) is 0 Å². The molecule has 0 saturated heterocycles. The lowest BCUT2D eigenvalue weighted by Crippen LogP contribution is -2.35. The zero-order valence-electron chi connectivity index (χ0n) is 17.0. The van der Waals surface area contributed by atoms with Gasteiger partial charge in [0.15, 0.2) is 6.61 Å². The fourth-order valence-electron chi connectivity index (χ4n) is 2.98. The molecule has 2 N–H and O–H groups in total. The molecule has 0 bridgehead atoms. The first kappa shape index (κ1) is 20.4. The van der Waals surface area contributed by atoms with Gasteiger partial charge in [0.25, 0.3) is 11.8 Å². The van der Waals surface area contributed by atoms with Crippen LogP contribution in [0, 0.1) is 6.92 Å². The van der Waals surface area contributed by atoms with Gasteiger partial charge >= 0.3 is 0 Å². The zero-order valence-corrected chi connectivity index (χ0v) is 17.0. The Balaban J connectivity index is 1.88. The van der Waals surface area contributed by atoms with Gasteiger partial charge in [0.2, 0.25) is 0 Å². The summed E-state index contributed by atoms with van der Waals surface area (Å²) in [5.74, 6) is -0.103. The number of hydrogen-bond acceptors (Lipinski definition) is 3. The highest BCUT2D eigenvalue weighted by atomic mass is 16.5. The summed E-state index contributed by atoms with van der Waals surface area (Å²) < 4.78 is 5.77. The van der Waals surface area contributed by atoms with Crippen LogP contribution in [0.1, 0.15) is 36.2 Å². The van der Waals surface area contributed by atoms with E-state index in [2.05, 4.69) is 10.6 Å². The van der Waals surface area contributed by atoms with Crippen LogP contribution in [0.5, 0.6) is 5.75 Å². The Morgan fingerprint density at radius 2 is 1.66 bits per heavy atom. The van der Waals surface area contributed by atoms with Crippen molar-refractivity contribution in [2.24, 2.45) is 0 Å².